The van der Waals surface area contributed by atoms with Crippen LogP contribution in [0.5, 0.6) is 5.75 Å². The van der Waals surface area contributed by atoms with E-state index >= 15 is 0 Å². The van der Waals surface area contributed by atoms with Crippen LogP contribution in [-0.2, 0) is 0 Å². The fourth-order valence-electron chi connectivity index (χ4n) is 1.98. The summed E-state index contributed by atoms with van der Waals surface area (Å²) in [6.07, 6.45) is 0.339. The third kappa shape index (κ3) is 1.83. The molecule has 2 atom stereocenters. The molecule has 0 aliphatic carbocycles. The molecule has 2 aliphatic heterocycles. The van der Waals surface area contributed by atoms with Crippen molar-refractivity contribution in [3.8, 4) is 5.75 Å². The van der Waals surface area contributed by atoms with Crippen molar-refractivity contribution in [1.29, 1.82) is 0 Å². The number of ether oxygens (including phenoxy) is 1. The molecule has 1 aromatic rings. The maximum Gasteiger partial charge on any atom is 0.123 e. The molecule has 3 rings (SSSR count). The minimum atomic E-state index is 0.127. The summed E-state index contributed by atoms with van der Waals surface area (Å²) in [7, 11) is 5.75. The average molecular weight is 214 g/mol. The van der Waals surface area contributed by atoms with E-state index in [-0.39, 0.29) is 5.94 Å². The first kappa shape index (κ1) is 10.2. The smallest absolute Gasteiger partial charge is 0.123 e. The highest BCUT2D eigenvalue weighted by atomic mass is 16.5. The zero-order chi connectivity index (χ0) is 11.1. The number of aryl methyl sites for hydroxylation is 1. The van der Waals surface area contributed by atoms with Gasteiger partial charge in [-0.2, -0.15) is 0 Å². The van der Waals surface area contributed by atoms with E-state index in [1.54, 1.807) is 0 Å². The molecule has 2 saturated heterocycles. The Morgan fingerprint density at radius 2 is 2.12 bits per heavy atom. The summed E-state index contributed by atoms with van der Waals surface area (Å²) in [5.74, 6) is 1.12. The fourth-order valence-corrected chi connectivity index (χ4v) is 1.98. The molecule has 1 aromatic carbocycles. The standard InChI is InChI=1S/C12H15BN2O/c1-7-4-8(11-12(13)15-11)2-3-10(7)16-9-5-14-6-9/h2-4,9,11-12,14-15H,5-6H2,1H3. The van der Waals surface area contributed by atoms with Crippen LogP contribution in [-0.4, -0.2) is 33.0 Å². The second-order valence-corrected chi connectivity index (χ2v) is 4.59. The summed E-state index contributed by atoms with van der Waals surface area (Å²) >= 11 is 0. The van der Waals surface area contributed by atoms with Gasteiger partial charge in [-0.1, -0.05) is 12.1 Å². The van der Waals surface area contributed by atoms with Crippen molar-refractivity contribution >= 4 is 7.85 Å². The molecule has 16 heavy (non-hydrogen) atoms. The van der Waals surface area contributed by atoms with E-state index in [2.05, 4.69) is 35.8 Å². The second-order valence-electron chi connectivity index (χ2n) is 4.59. The van der Waals surface area contributed by atoms with E-state index in [1.807, 2.05) is 0 Å². The van der Waals surface area contributed by atoms with Gasteiger partial charge in [0, 0.05) is 19.1 Å². The lowest BCUT2D eigenvalue weighted by Crippen LogP contribution is -2.50. The van der Waals surface area contributed by atoms with Gasteiger partial charge in [0.1, 0.15) is 11.9 Å². The van der Waals surface area contributed by atoms with Crippen molar-refractivity contribution in [2.24, 2.45) is 0 Å². The number of rotatable bonds is 3. The number of hydrogen-bond donors (Lipinski definition) is 2. The van der Waals surface area contributed by atoms with Gasteiger partial charge in [0.2, 0.25) is 0 Å². The lowest BCUT2D eigenvalue weighted by molar-refractivity contribution is 0.141. The van der Waals surface area contributed by atoms with Crippen LogP contribution in [0.1, 0.15) is 17.2 Å². The van der Waals surface area contributed by atoms with E-state index in [0.29, 0.717) is 12.1 Å². The van der Waals surface area contributed by atoms with Crippen molar-refractivity contribution < 1.29 is 4.74 Å². The molecule has 2 aliphatic rings. The van der Waals surface area contributed by atoms with Crippen LogP contribution in [0.25, 0.3) is 0 Å². The monoisotopic (exact) mass is 214 g/mol. The maximum absolute atomic E-state index is 5.85. The Kier molecular flexibility index (Phi) is 2.41. The van der Waals surface area contributed by atoms with E-state index in [9.17, 15) is 0 Å². The highest BCUT2D eigenvalue weighted by molar-refractivity contribution is 6.14. The number of nitrogens with one attached hydrogen (secondary N) is 2. The lowest BCUT2D eigenvalue weighted by Gasteiger charge is -2.28. The summed E-state index contributed by atoms with van der Waals surface area (Å²) in [6.45, 7) is 3.99. The predicted octanol–water partition coefficient (Wildman–Crippen LogP) is 0.485. The molecule has 4 heteroatoms. The van der Waals surface area contributed by atoms with Gasteiger partial charge in [-0.05, 0) is 30.1 Å². The largest absolute Gasteiger partial charge is 0.487 e. The van der Waals surface area contributed by atoms with Crippen molar-refractivity contribution in [1.82, 2.24) is 10.6 Å². The molecule has 2 heterocycles. The Morgan fingerprint density at radius 3 is 2.62 bits per heavy atom. The molecule has 2 unspecified atom stereocenters. The van der Waals surface area contributed by atoms with Gasteiger partial charge in [-0.3, -0.25) is 0 Å². The van der Waals surface area contributed by atoms with Gasteiger partial charge >= 0.3 is 0 Å². The first-order chi connectivity index (χ1) is 7.74. The molecule has 2 radical (unpaired) electrons. The van der Waals surface area contributed by atoms with Crippen LogP contribution in [0.3, 0.4) is 0 Å². The summed E-state index contributed by atoms with van der Waals surface area (Å²) in [4.78, 5) is 0. The molecule has 82 valence electrons. The third-order valence-corrected chi connectivity index (χ3v) is 3.22. The molecule has 2 N–H and O–H groups in total. The summed E-state index contributed by atoms with van der Waals surface area (Å²) in [5.41, 5.74) is 2.44. The van der Waals surface area contributed by atoms with Crippen LogP contribution >= 0.6 is 0 Å². The van der Waals surface area contributed by atoms with E-state index in [0.717, 1.165) is 18.8 Å². The summed E-state index contributed by atoms with van der Waals surface area (Å²) in [5, 5.41) is 6.38. The second kappa shape index (κ2) is 3.79. The van der Waals surface area contributed by atoms with E-state index in [1.165, 1.54) is 11.1 Å². The quantitative estimate of drug-likeness (QED) is 0.568. The highest BCUT2D eigenvalue weighted by Crippen LogP contribution is 2.31. The third-order valence-electron chi connectivity index (χ3n) is 3.22. The average Bonchev–Trinajstić information content (AvgIpc) is 2.91. The van der Waals surface area contributed by atoms with Crippen LogP contribution < -0.4 is 15.4 Å². The van der Waals surface area contributed by atoms with Crippen molar-refractivity contribution in [2.75, 3.05) is 13.1 Å². The van der Waals surface area contributed by atoms with Gasteiger partial charge in [-0.15, -0.1) is 0 Å². The molecule has 2 fully saturated rings. The van der Waals surface area contributed by atoms with Crippen LogP contribution in [0.4, 0.5) is 0 Å². The Bertz CT molecular complexity index is 406. The Labute approximate surface area is 97.0 Å². The molecular formula is C12H15BN2O. The zero-order valence-corrected chi connectivity index (χ0v) is 9.36. The van der Waals surface area contributed by atoms with Gasteiger partial charge in [-0.25, -0.2) is 0 Å². The first-order valence-corrected chi connectivity index (χ1v) is 5.73. The number of hydrogen-bond acceptors (Lipinski definition) is 3. The summed E-state index contributed by atoms with van der Waals surface area (Å²) in [6, 6.07) is 6.64. The van der Waals surface area contributed by atoms with Gasteiger partial charge < -0.3 is 15.4 Å². The molecule has 3 nitrogen and oxygen atoms in total. The Morgan fingerprint density at radius 1 is 1.38 bits per heavy atom. The minimum absolute atomic E-state index is 0.127. The van der Waals surface area contributed by atoms with Crippen molar-refractivity contribution in [3.63, 3.8) is 0 Å². The van der Waals surface area contributed by atoms with Crippen LogP contribution in [0.2, 0.25) is 0 Å². The van der Waals surface area contributed by atoms with Crippen molar-refractivity contribution in [2.45, 2.75) is 25.0 Å². The minimum Gasteiger partial charge on any atom is -0.487 e. The molecule has 0 bridgehead atoms. The van der Waals surface area contributed by atoms with E-state index in [4.69, 9.17) is 12.6 Å². The highest BCUT2D eigenvalue weighted by Gasteiger charge is 2.32. The Balaban J connectivity index is 1.74. The van der Waals surface area contributed by atoms with Crippen LogP contribution in [0.15, 0.2) is 18.2 Å². The topological polar surface area (TPSA) is 43.2 Å². The van der Waals surface area contributed by atoms with Crippen molar-refractivity contribution in [3.05, 3.63) is 29.3 Å². The fraction of sp³-hybridized carbons (Fsp3) is 0.500. The molecule has 0 amide bonds. The van der Waals surface area contributed by atoms with Gasteiger partial charge in [0.05, 0.1) is 7.85 Å². The molecule has 0 saturated carbocycles. The zero-order valence-electron chi connectivity index (χ0n) is 9.36. The molecule has 0 spiro atoms. The normalized spacial score (nSPS) is 28.6. The molecule has 0 aromatic heterocycles. The first-order valence-electron chi connectivity index (χ1n) is 5.73. The lowest BCUT2D eigenvalue weighted by atomic mass is 9.96. The number of benzene rings is 1. The Hall–Kier alpha value is -0.995. The van der Waals surface area contributed by atoms with Crippen LogP contribution in [0, 0.1) is 6.92 Å². The van der Waals surface area contributed by atoms with Gasteiger partial charge in [0.15, 0.2) is 0 Å². The SMILES string of the molecule is [B]C1NC1c1ccc(OC2CNC2)c(C)c1. The summed E-state index contributed by atoms with van der Waals surface area (Å²) < 4.78 is 5.85. The predicted molar refractivity (Wildman–Crippen MR) is 63.9 cm³/mol. The maximum atomic E-state index is 5.85. The van der Waals surface area contributed by atoms with Gasteiger partial charge in [0.25, 0.3) is 0 Å². The van der Waals surface area contributed by atoms with E-state index < -0.39 is 0 Å². The molecular weight excluding hydrogens is 199 g/mol.